The summed E-state index contributed by atoms with van der Waals surface area (Å²) in [5, 5.41) is 9.35. The van der Waals surface area contributed by atoms with Gasteiger partial charge in [-0.05, 0) is 48.7 Å². The summed E-state index contributed by atoms with van der Waals surface area (Å²) < 4.78 is 5.13. The molecule has 2 aromatic rings. The van der Waals surface area contributed by atoms with Crippen molar-refractivity contribution in [2.24, 2.45) is 0 Å². The second kappa shape index (κ2) is 11.0. The van der Waals surface area contributed by atoms with Crippen molar-refractivity contribution in [3.8, 4) is 5.75 Å². The quantitative estimate of drug-likeness (QED) is 0.589. The molecule has 2 amide bonds. The summed E-state index contributed by atoms with van der Waals surface area (Å²) in [5.41, 5.74) is 1.98. The average molecular weight is 430 g/mol. The minimum absolute atomic E-state index is 0.151. The molecule has 0 spiro atoms. The number of rotatable bonds is 8. The van der Waals surface area contributed by atoms with E-state index in [4.69, 9.17) is 16.3 Å². The van der Waals surface area contributed by atoms with Gasteiger partial charge in [0.2, 0.25) is 5.91 Å². The lowest BCUT2D eigenvalue weighted by molar-refractivity contribution is -0.115. The van der Waals surface area contributed by atoms with Crippen LogP contribution in [-0.2, 0) is 11.3 Å². The Kier molecular flexibility index (Phi) is 8.11. The molecule has 0 unspecified atom stereocenters. The second-order valence-electron chi connectivity index (χ2n) is 7.50. The van der Waals surface area contributed by atoms with Crippen LogP contribution in [0.5, 0.6) is 5.75 Å². The lowest BCUT2D eigenvalue weighted by Crippen LogP contribution is -2.36. The van der Waals surface area contributed by atoms with Crippen molar-refractivity contribution < 1.29 is 14.3 Å². The van der Waals surface area contributed by atoms with Crippen LogP contribution in [0.15, 0.2) is 42.5 Å². The fourth-order valence-corrected chi connectivity index (χ4v) is 3.76. The number of carbonyl (C=O) groups excluding carboxylic acids is 2. The predicted molar refractivity (Wildman–Crippen MR) is 119 cm³/mol. The molecule has 30 heavy (non-hydrogen) atoms. The van der Waals surface area contributed by atoms with Gasteiger partial charge in [-0.25, -0.2) is 0 Å². The SMILES string of the molecule is COc1ccc(CNCC(=O)Nc2ccc(Cl)c(C(=O)NC3CCCCC3)c2)cc1. The zero-order chi connectivity index (χ0) is 21.3. The number of methoxy groups -OCH3 is 1. The van der Waals surface area contributed by atoms with E-state index in [9.17, 15) is 9.59 Å². The van der Waals surface area contributed by atoms with Crippen molar-refractivity contribution in [1.29, 1.82) is 0 Å². The summed E-state index contributed by atoms with van der Waals surface area (Å²) in [6.07, 6.45) is 5.50. The molecule has 2 aromatic carbocycles. The van der Waals surface area contributed by atoms with E-state index in [1.54, 1.807) is 25.3 Å². The number of halogens is 1. The molecule has 3 rings (SSSR count). The van der Waals surface area contributed by atoms with Crippen LogP contribution >= 0.6 is 11.6 Å². The first-order chi connectivity index (χ1) is 14.5. The molecule has 0 aromatic heterocycles. The molecule has 0 heterocycles. The van der Waals surface area contributed by atoms with Gasteiger partial charge < -0.3 is 20.7 Å². The summed E-state index contributed by atoms with van der Waals surface area (Å²) in [6.45, 7) is 0.714. The normalized spacial score (nSPS) is 14.2. The molecule has 0 saturated heterocycles. The van der Waals surface area contributed by atoms with E-state index in [1.807, 2.05) is 24.3 Å². The largest absolute Gasteiger partial charge is 0.497 e. The summed E-state index contributed by atoms with van der Waals surface area (Å²) in [4.78, 5) is 24.9. The van der Waals surface area contributed by atoms with Gasteiger partial charge in [-0.3, -0.25) is 9.59 Å². The Bertz CT molecular complexity index is 864. The average Bonchev–Trinajstić information content (AvgIpc) is 2.76. The van der Waals surface area contributed by atoms with Crippen LogP contribution in [0.4, 0.5) is 5.69 Å². The number of hydrogen-bond donors (Lipinski definition) is 3. The Morgan fingerprint density at radius 3 is 2.50 bits per heavy atom. The first kappa shape index (κ1) is 22.1. The van der Waals surface area contributed by atoms with Gasteiger partial charge in [-0.2, -0.15) is 0 Å². The van der Waals surface area contributed by atoms with Crippen molar-refractivity contribution in [2.75, 3.05) is 19.0 Å². The molecular formula is C23H28ClN3O3. The van der Waals surface area contributed by atoms with Gasteiger partial charge in [-0.1, -0.05) is 43.0 Å². The maximum atomic E-state index is 12.6. The van der Waals surface area contributed by atoms with E-state index in [-0.39, 0.29) is 24.4 Å². The fourth-order valence-electron chi connectivity index (χ4n) is 3.56. The van der Waals surface area contributed by atoms with Gasteiger partial charge in [0, 0.05) is 18.3 Å². The molecule has 0 aliphatic heterocycles. The van der Waals surface area contributed by atoms with Crippen LogP contribution < -0.4 is 20.7 Å². The number of amides is 2. The van der Waals surface area contributed by atoms with Gasteiger partial charge in [0.15, 0.2) is 0 Å². The number of nitrogens with one attached hydrogen (secondary N) is 3. The monoisotopic (exact) mass is 429 g/mol. The number of hydrogen-bond acceptors (Lipinski definition) is 4. The molecule has 0 radical (unpaired) electrons. The van der Waals surface area contributed by atoms with Gasteiger partial charge >= 0.3 is 0 Å². The molecule has 160 valence electrons. The van der Waals surface area contributed by atoms with Crippen LogP contribution in [0.25, 0.3) is 0 Å². The molecule has 0 bridgehead atoms. The molecule has 1 fully saturated rings. The highest BCUT2D eigenvalue weighted by Gasteiger charge is 2.19. The van der Waals surface area contributed by atoms with Crippen LogP contribution in [0, 0.1) is 0 Å². The minimum atomic E-state index is -0.194. The molecular weight excluding hydrogens is 402 g/mol. The minimum Gasteiger partial charge on any atom is -0.497 e. The smallest absolute Gasteiger partial charge is 0.253 e. The Balaban J connectivity index is 1.50. The lowest BCUT2D eigenvalue weighted by Gasteiger charge is -2.23. The van der Waals surface area contributed by atoms with Gasteiger partial charge in [0.25, 0.3) is 5.91 Å². The highest BCUT2D eigenvalue weighted by molar-refractivity contribution is 6.34. The van der Waals surface area contributed by atoms with Gasteiger partial charge in [0.1, 0.15) is 5.75 Å². The summed E-state index contributed by atoms with van der Waals surface area (Å²) in [6, 6.07) is 12.8. The number of anilines is 1. The molecule has 7 heteroatoms. The van der Waals surface area contributed by atoms with Gasteiger partial charge in [0.05, 0.1) is 24.2 Å². The number of benzene rings is 2. The Labute approximate surface area is 182 Å². The molecule has 0 atom stereocenters. The Hall–Kier alpha value is -2.57. The Morgan fingerprint density at radius 2 is 1.80 bits per heavy atom. The van der Waals surface area contributed by atoms with Crippen LogP contribution in [0.1, 0.15) is 48.0 Å². The summed E-state index contributed by atoms with van der Waals surface area (Å²) in [5.74, 6) is 0.410. The van der Waals surface area contributed by atoms with E-state index in [1.165, 1.54) is 6.42 Å². The predicted octanol–water partition coefficient (Wildman–Crippen LogP) is 4.14. The van der Waals surface area contributed by atoms with Gasteiger partial charge in [-0.15, -0.1) is 0 Å². The van der Waals surface area contributed by atoms with Crippen molar-refractivity contribution in [2.45, 2.75) is 44.7 Å². The molecule has 6 nitrogen and oxygen atoms in total. The third kappa shape index (κ3) is 6.47. The molecule has 1 aliphatic carbocycles. The van der Waals surface area contributed by atoms with Crippen molar-refractivity contribution in [1.82, 2.24) is 10.6 Å². The third-order valence-corrected chi connectivity index (χ3v) is 5.54. The van der Waals surface area contributed by atoms with E-state index < -0.39 is 0 Å². The third-order valence-electron chi connectivity index (χ3n) is 5.21. The van der Waals surface area contributed by atoms with Crippen molar-refractivity contribution in [3.05, 3.63) is 58.6 Å². The summed E-state index contributed by atoms with van der Waals surface area (Å²) >= 11 is 6.22. The number of carbonyl (C=O) groups is 2. The highest BCUT2D eigenvalue weighted by atomic mass is 35.5. The van der Waals surface area contributed by atoms with Crippen LogP contribution in [0.2, 0.25) is 5.02 Å². The van der Waals surface area contributed by atoms with Crippen molar-refractivity contribution >= 4 is 29.1 Å². The van der Waals surface area contributed by atoms with E-state index in [2.05, 4.69) is 16.0 Å². The molecule has 3 N–H and O–H groups in total. The first-order valence-corrected chi connectivity index (χ1v) is 10.7. The zero-order valence-corrected chi connectivity index (χ0v) is 17.9. The van der Waals surface area contributed by atoms with E-state index in [0.717, 1.165) is 37.0 Å². The molecule has 1 saturated carbocycles. The molecule has 1 aliphatic rings. The van der Waals surface area contributed by atoms with Crippen LogP contribution in [-0.4, -0.2) is 31.5 Å². The van der Waals surface area contributed by atoms with E-state index >= 15 is 0 Å². The highest BCUT2D eigenvalue weighted by Crippen LogP contribution is 2.23. The standard InChI is InChI=1S/C23H28ClN3O3/c1-30-19-10-7-16(8-11-19)14-25-15-22(28)26-18-9-12-21(24)20(13-18)23(29)27-17-5-3-2-4-6-17/h7-13,17,25H,2-6,14-15H2,1H3,(H,26,28)(H,27,29). The summed E-state index contributed by atoms with van der Waals surface area (Å²) in [7, 11) is 1.62. The van der Waals surface area contributed by atoms with Crippen molar-refractivity contribution in [3.63, 3.8) is 0 Å². The van der Waals surface area contributed by atoms with Crippen LogP contribution in [0.3, 0.4) is 0 Å². The van der Waals surface area contributed by atoms with E-state index in [0.29, 0.717) is 22.8 Å². The fraction of sp³-hybridized carbons (Fsp3) is 0.391. The second-order valence-corrected chi connectivity index (χ2v) is 7.91. The zero-order valence-electron chi connectivity index (χ0n) is 17.2. The maximum absolute atomic E-state index is 12.6. The lowest BCUT2D eigenvalue weighted by atomic mass is 9.95. The first-order valence-electron chi connectivity index (χ1n) is 10.3. The topological polar surface area (TPSA) is 79.5 Å². The maximum Gasteiger partial charge on any atom is 0.253 e. The Morgan fingerprint density at radius 1 is 1.07 bits per heavy atom. The number of ether oxygens (including phenoxy) is 1.